The molecule has 1 atom stereocenters. The number of aryl methyl sites for hydroxylation is 1. The van der Waals surface area contributed by atoms with Crippen molar-refractivity contribution in [2.75, 3.05) is 34.9 Å². The highest BCUT2D eigenvalue weighted by atomic mass is 32.2. The summed E-state index contributed by atoms with van der Waals surface area (Å²) in [6.45, 7) is 5.01. The van der Waals surface area contributed by atoms with E-state index in [-0.39, 0.29) is 12.3 Å². The Bertz CT molecular complexity index is 989. The molecular formula is C23H27N5O2S. The van der Waals surface area contributed by atoms with Crippen molar-refractivity contribution >= 4 is 40.7 Å². The van der Waals surface area contributed by atoms with Gasteiger partial charge in [-0.3, -0.25) is 19.5 Å². The summed E-state index contributed by atoms with van der Waals surface area (Å²) in [5.74, 6) is 1.51. The van der Waals surface area contributed by atoms with Crippen molar-refractivity contribution in [3.8, 4) is 0 Å². The molecule has 1 saturated heterocycles. The Morgan fingerprint density at radius 1 is 1.16 bits per heavy atom. The fourth-order valence-electron chi connectivity index (χ4n) is 3.80. The van der Waals surface area contributed by atoms with Crippen molar-refractivity contribution in [2.24, 2.45) is 10.8 Å². The smallest absolute Gasteiger partial charge is 0.271 e. The van der Waals surface area contributed by atoms with E-state index >= 15 is 0 Å². The second-order valence-electron chi connectivity index (χ2n) is 7.84. The quantitative estimate of drug-likeness (QED) is 0.725. The molecule has 1 unspecified atom stereocenters. The molecule has 2 aromatic rings. The summed E-state index contributed by atoms with van der Waals surface area (Å²) in [7, 11) is 0. The highest BCUT2D eigenvalue weighted by molar-refractivity contribution is 7.99. The Kier molecular flexibility index (Phi) is 6.58. The Morgan fingerprint density at radius 2 is 1.90 bits per heavy atom. The van der Waals surface area contributed by atoms with Gasteiger partial charge in [0.2, 0.25) is 5.91 Å². The van der Waals surface area contributed by atoms with Crippen LogP contribution in [0.1, 0.15) is 17.5 Å². The van der Waals surface area contributed by atoms with Gasteiger partial charge in [0.05, 0.1) is 5.69 Å². The number of amides is 2. The molecule has 0 aliphatic carbocycles. The Labute approximate surface area is 186 Å². The SMILES string of the molecule is Cc1ccc(CN2CCSCC2)cc1NC(=O)C1=NN(c2ccccc2)C(C(N)=O)C1. The van der Waals surface area contributed by atoms with Gasteiger partial charge in [-0.2, -0.15) is 16.9 Å². The van der Waals surface area contributed by atoms with Crippen LogP contribution in [0, 0.1) is 6.92 Å². The number of carbonyl (C=O) groups is 2. The van der Waals surface area contributed by atoms with E-state index in [0.717, 1.165) is 48.1 Å². The average molecular weight is 438 g/mol. The molecule has 31 heavy (non-hydrogen) atoms. The van der Waals surface area contributed by atoms with Crippen molar-refractivity contribution in [3.63, 3.8) is 0 Å². The summed E-state index contributed by atoms with van der Waals surface area (Å²) in [5.41, 5.74) is 9.53. The molecule has 0 radical (unpaired) electrons. The van der Waals surface area contributed by atoms with Gasteiger partial charge in [0.1, 0.15) is 11.8 Å². The van der Waals surface area contributed by atoms with Crippen LogP contribution in [0.4, 0.5) is 11.4 Å². The van der Waals surface area contributed by atoms with Gasteiger partial charge in [0, 0.05) is 43.2 Å². The number of thioether (sulfide) groups is 1. The van der Waals surface area contributed by atoms with E-state index in [1.54, 1.807) is 0 Å². The minimum absolute atomic E-state index is 0.181. The molecule has 7 nitrogen and oxygen atoms in total. The first-order valence-corrected chi connectivity index (χ1v) is 11.6. The molecule has 2 aliphatic rings. The molecule has 2 aliphatic heterocycles. The second-order valence-corrected chi connectivity index (χ2v) is 9.07. The number of hydrogen-bond donors (Lipinski definition) is 2. The van der Waals surface area contributed by atoms with Gasteiger partial charge in [-0.05, 0) is 36.2 Å². The van der Waals surface area contributed by atoms with Crippen LogP contribution in [-0.4, -0.2) is 53.1 Å². The molecule has 0 bridgehead atoms. The van der Waals surface area contributed by atoms with Crippen molar-refractivity contribution in [1.29, 1.82) is 0 Å². The lowest BCUT2D eigenvalue weighted by atomic mass is 10.1. The molecule has 0 aromatic heterocycles. The molecule has 3 N–H and O–H groups in total. The van der Waals surface area contributed by atoms with Gasteiger partial charge < -0.3 is 11.1 Å². The van der Waals surface area contributed by atoms with Crippen molar-refractivity contribution in [2.45, 2.75) is 25.9 Å². The van der Waals surface area contributed by atoms with Gasteiger partial charge in [-0.1, -0.05) is 30.3 Å². The van der Waals surface area contributed by atoms with E-state index in [4.69, 9.17) is 5.73 Å². The molecule has 0 saturated carbocycles. The Morgan fingerprint density at radius 3 is 2.61 bits per heavy atom. The highest BCUT2D eigenvalue weighted by Crippen LogP contribution is 2.25. The Hall–Kier alpha value is -2.84. The molecule has 2 heterocycles. The number of nitrogens with one attached hydrogen (secondary N) is 1. The topological polar surface area (TPSA) is 91.0 Å². The van der Waals surface area contributed by atoms with Gasteiger partial charge in [-0.25, -0.2) is 0 Å². The van der Waals surface area contributed by atoms with E-state index in [9.17, 15) is 9.59 Å². The lowest BCUT2D eigenvalue weighted by molar-refractivity contribution is -0.119. The number of nitrogens with two attached hydrogens (primary N) is 1. The molecule has 1 fully saturated rings. The number of benzene rings is 2. The highest BCUT2D eigenvalue weighted by Gasteiger charge is 2.35. The summed E-state index contributed by atoms with van der Waals surface area (Å²) >= 11 is 1.99. The predicted molar refractivity (Wildman–Crippen MR) is 126 cm³/mol. The summed E-state index contributed by atoms with van der Waals surface area (Å²) in [4.78, 5) is 27.4. The van der Waals surface area contributed by atoms with Crippen LogP contribution in [0.25, 0.3) is 0 Å². The first-order valence-electron chi connectivity index (χ1n) is 10.4. The maximum absolute atomic E-state index is 13.0. The van der Waals surface area contributed by atoms with E-state index in [0.29, 0.717) is 5.71 Å². The van der Waals surface area contributed by atoms with Gasteiger partial charge in [0.15, 0.2) is 0 Å². The number of primary amides is 1. The number of hydrazone groups is 1. The number of anilines is 2. The van der Waals surface area contributed by atoms with Crippen LogP contribution in [0.15, 0.2) is 53.6 Å². The fraction of sp³-hybridized carbons (Fsp3) is 0.348. The maximum atomic E-state index is 13.0. The van der Waals surface area contributed by atoms with E-state index in [1.807, 2.05) is 61.2 Å². The lowest BCUT2D eigenvalue weighted by Crippen LogP contribution is -2.39. The third kappa shape index (κ3) is 5.08. The number of rotatable bonds is 6. The number of carbonyl (C=O) groups excluding carboxylic acids is 2. The van der Waals surface area contributed by atoms with Crippen LogP contribution >= 0.6 is 11.8 Å². The van der Waals surface area contributed by atoms with Crippen LogP contribution in [0.2, 0.25) is 0 Å². The zero-order valence-corrected chi connectivity index (χ0v) is 18.4. The van der Waals surface area contributed by atoms with E-state index in [2.05, 4.69) is 21.4 Å². The molecule has 8 heteroatoms. The van der Waals surface area contributed by atoms with Crippen molar-refractivity contribution in [1.82, 2.24) is 4.90 Å². The van der Waals surface area contributed by atoms with Gasteiger partial charge in [-0.15, -0.1) is 0 Å². The first-order chi connectivity index (χ1) is 15.0. The van der Waals surface area contributed by atoms with Crippen molar-refractivity contribution in [3.05, 3.63) is 59.7 Å². The monoisotopic (exact) mass is 437 g/mol. The van der Waals surface area contributed by atoms with Gasteiger partial charge in [0.25, 0.3) is 5.91 Å². The zero-order valence-electron chi connectivity index (χ0n) is 17.6. The van der Waals surface area contributed by atoms with Crippen LogP contribution in [0.3, 0.4) is 0 Å². The number of para-hydroxylation sites is 1. The molecule has 0 spiro atoms. The molecular weight excluding hydrogens is 410 g/mol. The fourth-order valence-corrected chi connectivity index (χ4v) is 4.78. The summed E-state index contributed by atoms with van der Waals surface area (Å²) in [6, 6.07) is 14.8. The lowest BCUT2D eigenvalue weighted by Gasteiger charge is -2.26. The average Bonchev–Trinajstić information content (AvgIpc) is 3.24. The van der Waals surface area contributed by atoms with Crippen LogP contribution in [0.5, 0.6) is 0 Å². The minimum Gasteiger partial charge on any atom is -0.368 e. The predicted octanol–water partition coefficient (Wildman–Crippen LogP) is 2.60. The third-order valence-corrected chi connectivity index (χ3v) is 6.52. The van der Waals surface area contributed by atoms with E-state index in [1.165, 1.54) is 10.6 Å². The Balaban J connectivity index is 1.49. The van der Waals surface area contributed by atoms with E-state index < -0.39 is 11.9 Å². The molecule has 2 aromatic carbocycles. The van der Waals surface area contributed by atoms with Gasteiger partial charge >= 0.3 is 0 Å². The first kappa shape index (κ1) is 21.4. The summed E-state index contributed by atoms with van der Waals surface area (Å²) in [5, 5.41) is 8.96. The number of hydrogen-bond acceptors (Lipinski definition) is 6. The molecule has 4 rings (SSSR count). The zero-order chi connectivity index (χ0) is 21.8. The standard InChI is InChI=1S/C23H27N5O2S/c1-16-7-8-17(15-27-9-11-31-12-10-27)13-19(16)25-23(30)20-14-21(22(24)29)28(26-20)18-5-3-2-4-6-18/h2-8,13,21H,9-12,14-15H2,1H3,(H2,24,29)(H,25,30). The largest absolute Gasteiger partial charge is 0.368 e. The minimum atomic E-state index is -0.674. The normalized spacial score (nSPS) is 19.2. The van der Waals surface area contributed by atoms with Crippen molar-refractivity contribution < 1.29 is 9.59 Å². The summed E-state index contributed by atoms with van der Waals surface area (Å²) in [6.07, 6.45) is 0.181. The molecule has 2 amide bonds. The third-order valence-electron chi connectivity index (χ3n) is 5.58. The molecule has 162 valence electrons. The van der Waals surface area contributed by atoms with Crippen LogP contribution < -0.4 is 16.1 Å². The van der Waals surface area contributed by atoms with Crippen LogP contribution in [-0.2, 0) is 16.1 Å². The summed E-state index contributed by atoms with van der Waals surface area (Å²) < 4.78 is 0. The number of nitrogens with zero attached hydrogens (tertiary/aromatic N) is 3. The maximum Gasteiger partial charge on any atom is 0.271 e. The second kappa shape index (κ2) is 9.53.